The third-order valence-electron chi connectivity index (χ3n) is 4.49. The molecule has 6 heteroatoms. The maximum absolute atomic E-state index is 12.9. The lowest BCUT2D eigenvalue weighted by atomic mass is 10.1. The molecule has 0 aliphatic heterocycles. The molecule has 3 atom stereocenters. The molecule has 3 N–H and O–H groups in total. The molecule has 0 aromatic heterocycles. The van der Waals surface area contributed by atoms with E-state index in [0.29, 0.717) is 0 Å². The van der Waals surface area contributed by atoms with Gasteiger partial charge >= 0.3 is 0 Å². The highest BCUT2D eigenvalue weighted by molar-refractivity contribution is 9.10. The minimum Gasteiger partial charge on any atom is -0.394 e. The van der Waals surface area contributed by atoms with Gasteiger partial charge in [0.05, 0.1) is 22.3 Å². The molecule has 1 fully saturated rings. The largest absolute Gasteiger partial charge is 0.394 e. The second-order valence-corrected chi connectivity index (χ2v) is 9.06. The average molecular weight is 396 g/mol. The molecule has 4 nitrogen and oxygen atoms in total. The first-order chi connectivity index (χ1) is 10.8. The van der Waals surface area contributed by atoms with E-state index < -0.39 is 26.5 Å². The Bertz CT molecular complexity index is 818. The second kappa shape index (κ2) is 5.70. The highest BCUT2D eigenvalue weighted by Crippen LogP contribution is 2.55. The zero-order valence-electron chi connectivity index (χ0n) is 12.6. The number of sulfone groups is 1. The molecule has 0 heterocycles. The molecule has 1 saturated carbocycles. The van der Waals surface area contributed by atoms with Crippen molar-refractivity contribution in [3.8, 4) is 0 Å². The molecule has 0 bridgehead atoms. The van der Waals surface area contributed by atoms with Crippen molar-refractivity contribution in [2.75, 3.05) is 6.61 Å². The van der Waals surface area contributed by atoms with Gasteiger partial charge < -0.3 is 10.8 Å². The SMILES string of the molecule is Cc1ccc(S(=O)(=O)[C@@H]2[C@@H](c3ccc(Br)cc3)[C@]2(N)CO)cc1. The normalized spacial score (nSPS) is 27.0. The lowest BCUT2D eigenvalue weighted by molar-refractivity contribution is 0.253. The van der Waals surface area contributed by atoms with Crippen LogP contribution in [0.1, 0.15) is 17.0 Å². The highest BCUT2D eigenvalue weighted by Gasteiger charge is 2.69. The van der Waals surface area contributed by atoms with Crippen LogP contribution in [0.3, 0.4) is 0 Å². The van der Waals surface area contributed by atoms with Crippen molar-refractivity contribution < 1.29 is 13.5 Å². The number of hydrogen-bond donors (Lipinski definition) is 2. The summed E-state index contributed by atoms with van der Waals surface area (Å²) in [7, 11) is -3.61. The fraction of sp³-hybridized carbons (Fsp3) is 0.294. The van der Waals surface area contributed by atoms with Crippen molar-refractivity contribution in [1.29, 1.82) is 0 Å². The van der Waals surface area contributed by atoms with Gasteiger partial charge in [-0.15, -0.1) is 0 Å². The van der Waals surface area contributed by atoms with Crippen LogP contribution in [0.2, 0.25) is 0 Å². The summed E-state index contributed by atoms with van der Waals surface area (Å²) in [5.41, 5.74) is 6.89. The number of aliphatic hydroxyl groups excluding tert-OH is 1. The van der Waals surface area contributed by atoms with Crippen LogP contribution in [-0.4, -0.2) is 30.9 Å². The first-order valence-electron chi connectivity index (χ1n) is 7.26. The van der Waals surface area contributed by atoms with E-state index in [0.717, 1.165) is 15.6 Å². The van der Waals surface area contributed by atoms with Crippen LogP contribution in [0, 0.1) is 6.92 Å². The van der Waals surface area contributed by atoms with Crippen molar-refractivity contribution in [3.63, 3.8) is 0 Å². The van der Waals surface area contributed by atoms with E-state index in [1.165, 1.54) is 0 Å². The quantitative estimate of drug-likeness (QED) is 0.832. The van der Waals surface area contributed by atoms with E-state index in [1.807, 2.05) is 31.2 Å². The second-order valence-electron chi connectivity index (χ2n) is 6.08. The maximum Gasteiger partial charge on any atom is 0.183 e. The number of hydrogen-bond acceptors (Lipinski definition) is 4. The van der Waals surface area contributed by atoms with Crippen LogP contribution in [-0.2, 0) is 9.84 Å². The molecular weight excluding hydrogens is 378 g/mol. The Morgan fingerprint density at radius 1 is 1.13 bits per heavy atom. The van der Waals surface area contributed by atoms with Crippen LogP contribution in [0.15, 0.2) is 57.9 Å². The standard InChI is InChI=1S/C17H18BrNO3S/c1-11-2-8-14(9-3-11)23(21,22)16-15(17(16,19)10-20)12-4-6-13(18)7-5-12/h2-9,15-16,20H,10,19H2,1H3/t15-,16-,17-/m1/s1. The first kappa shape index (κ1) is 16.6. The number of rotatable bonds is 4. The Balaban J connectivity index is 2.01. The first-order valence-corrected chi connectivity index (χ1v) is 9.60. The van der Waals surface area contributed by atoms with E-state index >= 15 is 0 Å². The predicted molar refractivity (Wildman–Crippen MR) is 93.0 cm³/mol. The lowest BCUT2D eigenvalue weighted by Gasteiger charge is -2.08. The monoisotopic (exact) mass is 395 g/mol. The summed E-state index contributed by atoms with van der Waals surface area (Å²) in [6.45, 7) is 1.53. The van der Waals surface area contributed by atoms with Gasteiger partial charge in [-0.25, -0.2) is 8.42 Å². The van der Waals surface area contributed by atoms with E-state index in [-0.39, 0.29) is 11.5 Å². The Morgan fingerprint density at radius 3 is 2.22 bits per heavy atom. The van der Waals surface area contributed by atoms with Crippen molar-refractivity contribution in [2.24, 2.45) is 5.73 Å². The molecule has 2 aromatic carbocycles. The predicted octanol–water partition coefficient (Wildman–Crippen LogP) is 2.39. The molecule has 0 amide bonds. The van der Waals surface area contributed by atoms with Gasteiger partial charge in [-0.05, 0) is 36.8 Å². The number of benzene rings is 2. The molecule has 3 rings (SSSR count). The van der Waals surface area contributed by atoms with Gasteiger partial charge in [0.1, 0.15) is 0 Å². The van der Waals surface area contributed by atoms with Gasteiger partial charge in [0.15, 0.2) is 9.84 Å². The molecule has 2 aromatic rings. The molecule has 23 heavy (non-hydrogen) atoms. The van der Waals surface area contributed by atoms with Gasteiger partial charge in [-0.2, -0.15) is 0 Å². The summed E-state index contributed by atoms with van der Waals surface area (Å²) < 4.78 is 26.8. The van der Waals surface area contributed by atoms with Crippen molar-refractivity contribution in [3.05, 3.63) is 64.1 Å². The summed E-state index contributed by atoms with van der Waals surface area (Å²) in [5, 5.41) is 8.86. The Kier molecular flexibility index (Phi) is 4.13. The van der Waals surface area contributed by atoms with Crippen molar-refractivity contribution in [1.82, 2.24) is 0 Å². The fourth-order valence-corrected chi connectivity index (χ4v) is 5.67. The molecule has 0 radical (unpaired) electrons. The van der Waals surface area contributed by atoms with E-state index in [4.69, 9.17) is 5.73 Å². The average Bonchev–Trinajstić information content (AvgIpc) is 3.16. The molecule has 1 aliphatic carbocycles. The van der Waals surface area contributed by atoms with E-state index in [1.54, 1.807) is 24.3 Å². The molecule has 1 aliphatic rings. The third kappa shape index (κ3) is 2.74. The smallest absolute Gasteiger partial charge is 0.183 e. The van der Waals surface area contributed by atoms with Crippen LogP contribution >= 0.6 is 15.9 Å². The number of nitrogens with two attached hydrogens (primary N) is 1. The minimum absolute atomic E-state index is 0.246. The van der Waals surface area contributed by atoms with Gasteiger partial charge in [-0.1, -0.05) is 45.8 Å². The summed E-state index contributed by atoms with van der Waals surface area (Å²) in [4.78, 5) is 0.246. The third-order valence-corrected chi connectivity index (χ3v) is 7.33. The van der Waals surface area contributed by atoms with Crippen LogP contribution in [0.25, 0.3) is 0 Å². The van der Waals surface area contributed by atoms with Crippen molar-refractivity contribution in [2.45, 2.75) is 28.5 Å². The lowest BCUT2D eigenvalue weighted by Crippen LogP contribution is -2.35. The summed E-state index contributed by atoms with van der Waals surface area (Å²) in [6, 6.07) is 14.1. The van der Waals surface area contributed by atoms with Crippen LogP contribution < -0.4 is 5.73 Å². The Labute approximate surface area is 144 Å². The Hall–Kier alpha value is -1.21. The van der Waals surface area contributed by atoms with Gasteiger partial charge in [0.2, 0.25) is 0 Å². The molecule has 0 spiro atoms. The minimum atomic E-state index is -3.61. The summed E-state index contributed by atoms with van der Waals surface area (Å²) >= 11 is 3.36. The van der Waals surface area contributed by atoms with Crippen LogP contribution in [0.4, 0.5) is 0 Å². The Morgan fingerprint density at radius 2 is 1.70 bits per heavy atom. The zero-order chi connectivity index (χ0) is 16.8. The summed E-state index contributed by atoms with van der Waals surface area (Å²) in [5.74, 6) is -0.410. The number of aliphatic hydroxyl groups is 1. The van der Waals surface area contributed by atoms with E-state index in [9.17, 15) is 13.5 Å². The number of aryl methyl sites for hydroxylation is 1. The van der Waals surface area contributed by atoms with Gasteiger partial charge in [0.25, 0.3) is 0 Å². The molecule has 0 unspecified atom stereocenters. The maximum atomic E-state index is 12.9. The molecule has 0 saturated heterocycles. The topological polar surface area (TPSA) is 80.4 Å². The fourth-order valence-electron chi connectivity index (χ4n) is 3.11. The molecular formula is C17H18BrNO3S. The van der Waals surface area contributed by atoms with Crippen molar-refractivity contribution >= 4 is 25.8 Å². The van der Waals surface area contributed by atoms with Gasteiger partial charge in [0, 0.05) is 10.4 Å². The number of halogens is 1. The van der Waals surface area contributed by atoms with E-state index in [2.05, 4.69) is 15.9 Å². The summed E-state index contributed by atoms with van der Waals surface area (Å²) in [6.07, 6.45) is 0. The van der Waals surface area contributed by atoms with Crippen LogP contribution in [0.5, 0.6) is 0 Å². The molecule has 122 valence electrons. The zero-order valence-corrected chi connectivity index (χ0v) is 15.0. The van der Waals surface area contributed by atoms with Gasteiger partial charge in [-0.3, -0.25) is 0 Å². The highest BCUT2D eigenvalue weighted by atomic mass is 79.9.